The molecule has 0 aromatic heterocycles. The van der Waals surface area contributed by atoms with E-state index < -0.39 is 20.0 Å². The fourth-order valence-electron chi connectivity index (χ4n) is 0.689. The van der Waals surface area contributed by atoms with Gasteiger partial charge in [-0.1, -0.05) is 0 Å². The molecule has 0 saturated carbocycles. The van der Waals surface area contributed by atoms with Gasteiger partial charge >= 0.3 is 7.60 Å². The van der Waals surface area contributed by atoms with Gasteiger partial charge in [-0.2, -0.15) is 0 Å². The van der Waals surface area contributed by atoms with Gasteiger partial charge in [-0.3, -0.25) is 4.57 Å². The van der Waals surface area contributed by atoms with Gasteiger partial charge in [0.1, 0.15) is 5.78 Å². The minimum Gasteiger partial charge on any atom is -0.394 e. The molecule has 6 heteroatoms. The summed E-state index contributed by atoms with van der Waals surface area (Å²) >= 11 is 0. The van der Waals surface area contributed by atoms with Gasteiger partial charge in [0.05, 0.1) is 19.8 Å². The topological polar surface area (TPSA) is 81.8 Å². The van der Waals surface area contributed by atoms with Crippen molar-refractivity contribution in [1.29, 1.82) is 0 Å². The van der Waals surface area contributed by atoms with Crippen LogP contribution in [0.25, 0.3) is 0 Å². The van der Waals surface area contributed by atoms with Crippen LogP contribution in [0, 0.1) is 0 Å². The molecular formula is C6H16NO4P. The molecule has 0 fully saturated rings. The van der Waals surface area contributed by atoms with E-state index in [2.05, 4.69) is 0 Å². The van der Waals surface area contributed by atoms with E-state index >= 15 is 0 Å². The minimum absolute atomic E-state index is 0.255. The number of nitrogens with two attached hydrogens (primary N) is 1. The molecule has 0 aliphatic rings. The lowest BCUT2D eigenvalue weighted by molar-refractivity contribution is 0.195. The highest BCUT2D eigenvalue weighted by atomic mass is 31.2. The SMILES string of the molecule is CCOP(=O)(OCC)[C@H](N)CO. The lowest BCUT2D eigenvalue weighted by Crippen LogP contribution is -2.26. The van der Waals surface area contributed by atoms with Crippen molar-refractivity contribution in [2.24, 2.45) is 5.73 Å². The fraction of sp³-hybridized carbons (Fsp3) is 1.00. The smallest absolute Gasteiger partial charge is 0.349 e. The molecule has 12 heavy (non-hydrogen) atoms. The van der Waals surface area contributed by atoms with Crippen molar-refractivity contribution in [1.82, 2.24) is 0 Å². The average molecular weight is 197 g/mol. The Morgan fingerprint density at radius 1 is 1.42 bits per heavy atom. The zero-order valence-electron chi connectivity index (χ0n) is 7.40. The Kier molecular flexibility index (Phi) is 5.70. The molecule has 0 aromatic rings. The summed E-state index contributed by atoms with van der Waals surface area (Å²) in [6.45, 7) is 3.48. The molecule has 0 saturated heterocycles. The highest BCUT2D eigenvalue weighted by molar-refractivity contribution is 7.54. The largest absolute Gasteiger partial charge is 0.394 e. The molecule has 1 atom stereocenters. The second-order valence-corrected chi connectivity index (χ2v) is 4.38. The van der Waals surface area contributed by atoms with Crippen LogP contribution in [-0.2, 0) is 13.6 Å². The second kappa shape index (κ2) is 5.67. The van der Waals surface area contributed by atoms with Gasteiger partial charge < -0.3 is 19.9 Å². The zero-order chi connectivity index (χ0) is 9.61. The summed E-state index contributed by atoms with van der Waals surface area (Å²) in [7, 11) is -3.28. The van der Waals surface area contributed by atoms with Gasteiger partial charge in [0, 0.05) is 0 Å². The van der Waals surface area contributed by atoms with Crippen LogP contribution < -0.4 is 5.73 Å². The van der Waals surface area contributed by atoms with E-state index in [1.54, 1.807) is 13.8 Å². The highest BCUT2D eigenvalue weighted by Crippen LogP contribution is 2.50. The van der Waals surface area contributed by atoms with Crippen LogP contribution in [0.5, 0.6) is 0 Å². The van der Waals surface area contributed by atoms with E-state index in [0.29, 0.717) is 0 Å². The summed E-state index contributed by atoms with van der Waals surface area (Å²) in [6.07, 6.45) is 0. The third kappa shape index (κ3) is 3.21. The van der Waals surface area contributed by atoms with Crippen LogP contribution in [0.1, 0.15) is 13.8 Å². The number of hydrogen-bond donors (Lipinski definition) is 2. The number of rotatable bonds is 6. The molecule has 0 unspecified atom stereocenters. The van der Waals surface area contributed by atoms with Gasteiger partial charge in [0.25, 0.3) is 0 Å². The van der Waals surface area contributed by atoms with Crippen molar-refractivity contribution < 1.29 is 18.7 Å². The maximum absolute atomic E-state index is 11.6. The van der Waals surface area contributed by atoms with Crippen LogP contribution in [0.2, 0.25) is 0 Å². The van der Waals surface area contributed by atoms with Crippen molar-refractivity contribution in [2.45, 2.75) is 19.6 Å². The van der Waals surface area contributed by atoms with Gasteiger partial charge in [-0.25, -0.2) is 0 Å². The maximum atomic E-state index is 11.6. The molecule has 5 nitrogen and oxygen atoms in total. The predicted molar refractivity (Wildman–Crippen MR) is 45.9 cm³/mol. The van der Waals surface area contributed by atoms with E-state index in [9.17, 15) is 4.57 Å². The Balaban J connectivity index is 4.27. The first-order valence-electron chi connectivity index (χ1n) is 3.86. The minimum atomic E-state index is -3.28. The van der Waals surface area contributed by atoms with Crippen LogP contribution in [0.15, 0.2) is 0 Å². The monoisotopic (exact) mass is 197 g/mol. The van der Waals surface area contributed by atoms with Crippen molar-refractivity contribution in [3.8, 4) is 0 Å². The van der Waals surface area contributed by atoms with E-state index in [4.69, 9.17) is 19.9 Å². The van der Waals surface area contributed by atoms with Crippen molar-refractivity contribution in [3.05, 3.63) is 0 Å². The molecule has 3 N–H and O–H groups in total. The Bertz CT molecular complexity index is 154. The average Bonchev–Trinajstić information content (AvgIpc) is 2.04. The lowest BCUT2D eigenvalue weighted by Gasteiger charge is -2.21. The molecule has 0 rings (SSSR count). The van der Waals surface area contributed by atoms with Gasteiger partial charge in [0.2, 0.25) is 0 Å². The van der Waals surface area contributed by atoms with Crippen LogP contribution in [-0.4, -0.2) is 30.7 Å². The second-order valence-electron chi connectivity index (χ2n) is 2.13. The van der Waals surface area contributed by atoms with Crippen molar-refractivity contribution in [2.75, 3.05) is 19.8 Å². The standard InChI is InChI=1S/C6H16NO4P/c1-3-10-12(9,11-4-2)6(7)5-8/h6,8H,3-5,7H2,1-2H3/t6-/m0/s1. The molecule has 74 valence electrons. The first-order chi connectivity index (χ1) is 5.60. The number of aliphatic hydroxyl groups is 1. The molecule has 0 radical (unpaired) electrons. The molecule has 0 amide bonds. The fourth-order valence-corrected chi connectivity index (χ4v) is 2.07. The molecule has 0 heterocycles. The van der Waals surface area contributed by atoms with E-state index in [1.807, 2.05) is 0 Å². The van der Waals surface area contributed by atoms with Gasteiger partial charge in [-0.05, 0) is 13.8 Å². The predicted octanol–water partition coefficient (Wildman–Crippen LogP) is 0.530. The van der Waals surface area contributed by atoms with Gasteiger partial charge in [0.15, 0.2) is 0 Å². The molecule has 0 aliphatic carbocycles. The molecule has 0 spiro atoms. The lowest BCUT2D eigenvalue weighted by atomic mass is 10.7. The quantitative estimate of drug-likeness (QED) is 0.607. The zero-order valence-corrected chi connectivity index (χ0v) is 8.29. The molecule has 0 aromatic carbocycles. The third-order valence-corrected chi connectivity index (χ3v) is 3.42. The third-order valence-electron chi connectivity index (χ3n) is 1.21. The van der Waals surface area contributed by atoms with Crippen molar-refractivity contribution in [3.63, 3.8) is 0 Å². The van der Waals surface area contributed by atoms with Gasteiger partial charge in [-0.15, -0.1) is 0 Å². The Morgan fingerprint density at radius 3 is 2.08 bits per heavy atom. The summed E-state index contributed by atoms with van der Waals surface area (Å²) in [5, 5.41) is 8.67. The maximum Gasteiger partial charge on any atom is 0.349 e. The summed E-state index contributed by atoms with van der Waals surface area (Å²) < 4.78 is 21.4. The van der Waals surface area contributed by atoms with Crippen LogP contribution >= 0.6 is 7.60 Å². The van der Waals surface area contributed by atoms with E-state index in [1.165, 1.54) is 0 Å². The van der Waals surface area contributed by atoms with Crippen LogP contribution in [0.3, 0.4) is 0 Å². The van der Waals surface area contributed by atoms with Crippen molar-refractivity contribution >= 4 is 7.60 Å². The number of hydrogen-bond acceptors (Lipinski definition) is 5. The Labute approximate surface area is 72.4 Å². The summed E-state index contributed by atoms with van der Waals surface area (Å²) in [5.41, 5.74) is 5.36. The Morgan fingerprint density at radius 2 is 1.83 bits per heavy atom. The summed E-state index contributed by atoms with van der Waals surface area (Å²) in [5.74, 6) is -0.947. The summed E-state index contributed by atoms with van der Waals surface area (Å²) in [4.78, 5) is 0. The number of aliphatic hydroxyl groups excluding tert-OH is 1. The summed E-state index contributed by atoms with van der Waals surface area (Å²) in [6, 6.07) is 0. The van der Waals surface area contributed by atoms with E-state index in [-0.39, 0.29) is 13.2 Å². The highest BCUT2D eigenvalue weighted by Gasteiger charge is 2.31. The molecular weight excluding hydrogens is 181 g/mol. The first kappa shape index (κ1) is 12.1. The van der Waals surface area contributed by atoms with E-state index in [0.717, 1.165) is 0 Å². The normalized spacial score (nSPS) is 14.7. The van der Waals surface area contributed by atoms with Crippen LogP contribution in [0.4, 0.5) is 0 Å². The molecule has 0 aliphatic heterocycles. The Hall–Kier alpha value is 0.0700. The molecule has 0 bridgehead atoms. The first-order valence-corrected chi connectivity index (χ1v) is 5.47.